The Morgan fingerprint density at radius 2 is 1.95 bits per heavy atom. The molecular formula is C15H28BrN3. The number of nitrogens with zero attached hydrogens (tertiary/aromatic N) is 2. The van der Waals surface area contributed by atoms with Gasteiger partial charge in [-0.25, -0.2) is 0 Å². The standard InChI is InChI=1S/C15H28BrN3/c1-6-9-17-11-15(4,5)10-13-14(16)12(7-2)18-19(13)8-3/h17H,6-11H2,1-5H3. The third-order valence-electron chi connectivity index (χ3n) is 3.37. The maximum atomic E-state index is 4.68. The van der Waals surface area contributed by atoms with Crippen LogP contribution in [0.4, 0.5) is 0 Å². The van der Waals surface area contributed by atoms with Gasteiger partial charge in [-0.1, -0.05) is 27.7 Å². The number of aromatic nitrogens is 2. The van der Waals surface area contributed by atoms with Crippen molar-refractivity contribution in [3.63, 3.8) is 0 Å². The van der Waals surface area contributed by atoms with Crippen molar-refractivity contribution in [3.8, 4) is 0 Å². The van der Waals surface area contributed by atoms with Crippen LogP contribution < -0.4 is 5.32 Å². The predicted octanol–water partition coefficient (Wildman–Crippen LogP) is 3.80. The minimum atomic E-state index is 0.246. The smallest absolute Gasteiger partial charge is 0.0766 e. The fourth-order valence-corrected chi connectivity index (χ4v) is 3.01. The van der Waals surface area contributed by atoms with E-state index >= 15 is 0 Å². The highest BCUT2D eigenvalue weighted by Gasteiger charge is 2.23. The molecule has 0 aliphatic heterocycles. The molecule has 1 aromatic heterocycles. The van der Waals surface area contributed by atoms with Crippen LogP contribution in [0.5, 0.6) is 0 Å². The van der Waals surface area contributed by atoms with Crippen LogP contribution in [-0.4, -0.2) is 22.9 Å². The van der Waals surface area contributed by atoms with Gasteiger partial charge >= 0.3 is 0 Å². The van der Waals surface area contributed by atoms with Crippen LogP contribution in [-0.2, 0) is 19.4 Å². The average Bonchev–Trinajstić information content (AvgIpc) is 2.66. The summed E-state index contributed by atoms with van der Waals surface area (Å²) in [6.07, 6.45) is 3.22. The molecule has 0 unspecified atom stereocenters. The molecule has 1 heterocycles. The molecule has 1 N–H and O–H groups in total. The Bertz CT molecular complexity index is 396. The van der Waals surface area contributed by atoms with Gasteiger partial charge in [0, 0.05) is 13.1 Å². The van der Waals surface area contributed by atoms with Crippen molar-refractivity contribution in [2.24, 2.45) is 5.41 Å². The molecule has 0 atom stereocenters. The first-order valence-electron chi connectivity index (χ1n) is 7.40. The van der Waals surface area contributed by atoms with Gasteiger partial charge in [0.25, 0.3) is 0 Å². The Balaban J connectivity index is 2.82. The Kier molecular flexibility index (Phi) is 6.54. The lowest BCUT2D eigenvalue weighted by Gasteiger charge is -2.25. The van der Waals surface area contributed by atoms with Crippen molar-refractivity contribution >= 4 is 15.9 Å². The Labute approximate surface area is 126 Å². The number of hydrogen-bond donors (Lipinski definition) is 1. The highest BCUT2D eigenvalue weighted by atomic mass is 79.9. The van der Waals surface area contributed by atoms with Crippen LogP contribution in [0, 0.1) is 5.41 Å². The Morgan fingerprint density at radius 1 is 1.26 bits per heavy atom. The predicted molar refractivity (Wildman–Crippen MR) is 85.6 cm³/mol. The molecule has 0 aliphatic rings. The van der Waals surface area contributed by atoms with E-state index in [9.17, 15) is 0 Å². The zero-order valence-corrected chi connectivity index (χ0v) is 14.6. The first-order chi connectivity index (χ1) is 8.95. The van der Waals surface area contributed by atoms with Gasteiger partial charge in [-0.05, 0) is 54.1 Å². The van der Waals surface area contributed by atoms with Crippen LogP contribution in [0.15, 0.2) is 4.47 Å². The number of nitrogens with one attached hydrogen (secondary N) is 1. The summed E-state index contributed by atoms with van der Waals surface area (Å²) in [4.78, 5) is 0. The summed E-state index contributed by atoms with van der Waals surface area (Å²) < 4.78 is 3.35. The minimum absolute atomic E-state index is 0.246. The molecule has 19 heavy (non-hydrogen) atoms. The Morgan fingerprint density at radius 3 is 2.47 bits per heavy atom. The molecule has 4 heteroatoms. The van der Waals surface area contributed by atoms with Gasteiger partial charge < -0.3 is 5.32 Å². The van der Waals surface area contributed by atoms with E-state index in [0.29, 0.717) is 0 Å². The van der Waals surface area contributed by atoms with Crippen LogP contribution in [0.25, 0.3) is 0 Å². The molecule has 1 aromatic rings. The van der Waals surface area contributed by atoms with Gasteiger partial charge in [-0.15, -0.1) is 0 Å². The molecule has 0 radical (unpaired) electrons. The van der Waals surface area contributed by atoms with Gasteiger partial charge in [-0.2, -0.15) is 5.10 Å². The summed E-state index contributed by atoms with van der Waals surface area (Å²) in [5.41, 5.74) is 2.76. The summed E-state index contributed by atoms with van der Waals surface area (Å²) in [5.74, 6) is 0. The van der Waals surface area contributed by atoms with Gasteiger partial charge in [0.2, 0.25) is 0 Å². The molecule has 0 bridgehead atoms. The molecular weight excluding hydrogens is 302 g/mol. The van der Waals surface area contributed by atoms with E-state index in [-0.39, 0.29) is 5.41 Å². The molecule has 0 amide bonds. The van der Waals surface area contributed by atoms with E-state index in [1.54, 1.807) is 0 Å². The maximum Gasteiger partial charge on any atom is 0.0766 e. The minimum Gasteiger partial charge on any atom is -0.316 e. The first kappa shape index (κ1) is 16.7. The summed E-state index contributed by atoms with van der Waals surface area (Å²) in [6, 6.07) is 0. The maximum absolute atomic E-state index is 4.68. The van der Waals surface area contributed by atoms with E-state index in [4.69, 9.17) is 0 Å². The number of rotatable bonds is 8. The molecule has 0 aliphatic carbocycles. The summed E-state index contributed by atoms with van der Waals surface area (Å²) in [5, 5.41) is 8.21. The Hall–Kier alpha value is -0.350. The zero-order valence-electron chi connectivity index (χ0n) is 13.0. The van der Waals surface area contributed by atoms with E-state index < -0.39 is 0 Å². The van der Waals surface area contributed by atoms with Gasteiger partial charge in [0.05, 0.1) is 15.9 Å². The van der Waals surface area contributed by atoms with Crippen LogP contribution in [0.1, 0.15) is 52.4 Å². The molecule has 110 valence electrons. The molecule has 1 rings (SSSR count). The monoisotopic (exact) mass is 329 g/mol. The zero-order chi connectivity index (χ0) is 14.5. The lowest BCUT2D eigenvalue weighted by atomic mass is 9.87. The second-order valence-electron chi connectivity index (χ2n) is 5.89. The van der Waals surface area contributed by atoms with Crippen molar-refractivity contribution < 1.29 is 0 Å². The molecule has 3 nitrogen and oxygen atoms in total. The summed E-state index contributed by atoms with van der Waals surface area (Å²) in [6.45, 7) is 14.2. The summed E-state index contributed by atoms with van der Waals surface area (Å²) in [7, 11) is 0. The quantitative estimate of drug-likeness (QED) is 0.735. The van der Waals surface area contributed by atoms with E-state index in [2.05, 4.69) is 65.6 Å². The molecule has 0 saturated heterocycles. The lowest BCUT2D eigenvalue weighted by molar-refractivity contribution is 0.328. The third kappa shape index (κ3) is 4.60. The fraction of sp³-hybridized carbons (Fsp3) is 0.800. The van der Waals surface area contributed by atoms with Gasteiger partial charge in [0.1, 0.15) is 0 Å². The average molecular weight is 330 g/mol. The topological polar surface area (TPSA) is 29.9 Å². The van der Waals surface area contributed by atoms with Gasteiger partial charge in [0.15, 0.2) is 0 Å². The van der Waals surface area contributed by atoms with Crippen LogP contribution >= 0.6 is 15.9 Å². The van der Waals surface area contributed by atoms with E-state index in [1.807, 2.05) is 0 Å². The highest BCUT2D eigenvalue weighted by Crippen LogP contribution is 2.29. The number of halogens is 1. The lowest BCUT2D eigenvalue weighted by Crippen LogP contribution is -2.32. The van der Waals surface area contributed by atoms with Crippen molar-refractivity contribution in [2.75, 3.05) is 13.1 Å². The molecule has 0 fully saturated rings. The largest absolute Gasteiger partial charge is 0.316 e. The van der Waals surface area contributed by atoms with Crippen molar-refractivity contribution in [3.05, 3.63) is 15.9 Å². The van der Waals surface area contributed by atoms with Crippen LogP contribution in [0.3, 0.4) is 0 Å². The van der Waals surface area contributed by atoms with Crippen LogP contribution in [0.2, 0.25) is 0 Å². The highest BCUT2D eigenvalue weighted by molar-refractivity contribution is 9.10. The van der Waals surface area contributed by atoms with Gasteiger partial charge in [-0.3, -0.25) is 4.68 Å². The molecule has 0 saturated carbocycles. The van der Waals surface area contributed by atoms with Crippen molar-refractivity contribution in [1.29, 1.82) is 0 Å². The fourth-order valence-electron chi connectivity index (χ4n) is 2.31. The van der Waals surface area contributed by atoms with Crippen molar-refractivity contribution in [1.82, 2.24) is 15.1 Å². The normalized spacial score (nSPS) is 12.1. The first-order valence-corrected chi connectivity index (χ1v) is 8.19. The van der Waals surface area contributed by atoms with Crippen molar-refractivity contribution in [2.45, 2.75) is 60.4 Å². The summed E-state index contributed by atoms with van der Waals surface area (Å²) >= 11 is 3.73. The number of hydrogen-bond acceptors (Lipinski definition) is 2. The third-order valence-corrected chi connectivity index (χ3v) is 4.29. The second-order valence-corrected chi connectivity index (χ2v) is 6.69. The SMILES string of the molecule is CCCNCC(C)(C)Cc1c(Br)c(CC)nn1CC. The molecule has 0 aromatic carbocycles. The van der Waals surface area contributed by atoms with E-state index in [0.717, 1.165) is 32.5 Å². The number of aryl methyl sites for hydroxylation is 2. The van der Waals surface area contributed by atoms with E-state index in [1.165, 1.54) is 22.3 Å². The second kappa shape index (κ2) is 7.44. The molecule has 0 spiro atoms.